The van der Waals surface area contributed by atoms with E-state index in [4.69, 9.17) is 4.42 Å². The van der Waals surface area contributed by atoms with Crippen molar-refractivity contribution in [1.82, 2.24) is 0 Å². The quantitative estimate of drug-likeness (QED) is 0.627. The van der Waals surface area contributed by atoms with Crippen molar-refractivity contribution >= 4 is 26.9 Å². The van der Waals surface area contributed by atoms with Gasteiger partial charge in [0, 0.05) is 28.2 Å². The second-order valence-electron chi connectivity index (χ2n) is 4.48. The highest BCUT2D eigenvalue weighted by Crippen LogP contribution is 2.34. The first-order valence-corrected chi connectivity index (χ1v) is 6.74. The highest BCUT2D eigenvalue weighted by atomic mass is 79.9. The van der Waals surface area contributed by atoms with Crippen molar-refractivity contribution in [3.63, 3.8) is 0 Å². The molecule has 0 aliphatic heterocycles. The summed E-state index contributed by atoms with van der Waals surface area (Å²) in [5.74, 6) is -0.214. The lowest BCUT2D eigenvalue weighted by atomic mass is 10.1. The van der Waals surface area contributed by atoms with Crippen LogP contribution in [-0.2, 0) is 0 Å². The van der Waals surface area contributed by atoms with Crippen molar-refractivity contribution < 1.29 is 19.7 Å². The van der Waals surface area contributed by atoms with Crippen LogP contribution < -0.4 is 5.43 Å². The van der Waals surface area contributed by atoms with E-state index in [1.807, 2.05) is 0 Å². The SMILES string of the molecule is O=c1cc(-c2ccc(O)cc2Br)oc2cc(O)cc(O)c12. The van der Waals surface area contributed by atoms with Crippen LogP contribution in [0.3, 0.4) is 0 Å². The minimum Gasteiger partial charge on any atom is -0.508 e. The lowest BCUT2D eigenvalue weighted by Gasteiger charge is -2.07. The molecule has 6 heteroatoms. The number of hydrogen-bond acceptors (Lipinski definition) is 5. The first-order chi connectivity index (χ1) is 9.95. The molecule has 0 saturated carbocycles. The number of rotatable bonds is 1. The van der Waals surface area contributed by atoms with Crippen LogP contribution in [0.1, 0.15) is 0 Å². The van der Waals surface area contributed by atoms with Crippen LogP contribution in [0.5, 0.6) is 17.2 Å². The fourth-order valence-corrected chi connectivity index (χ4v) is 2.65. The zero-order chi connectivity index (χ0) is 15.1. The second-order valence-corrected chi connectivity index (χ2v) is 5.33. The average Bonchev–Trinajstić information content (AvgIpc) is 2.36. The zero-order valence-electron chi connectivity index (χ0n) is 10.5. The molecular weight excluding hydrogens is 340 g/mol. The van der Waals surface area contributed by atoms with Crippen molar-refractivity contribution in [2.45, 2.75) is 0 Å². The van der Waals surface area contributed by atoms with Gasteiger partial charge in [0.2, 0.25) is 0 Å². The van der Waals surface area contributed by atoms with Crippen LogP contribution in [0.15, 0.2) is 50.1 Å². The Balaban J connectivity index is 2.32. The Morgan fingerprint density at radius 3 is 2.43 bits per heavy atom. The van der Waals surface area contributed by atoms with E-state index in [1.54, 1.807) is 6.07 Å². The van der Waals surface area contributed by atoms with Gasteiger partial charge in [0.15, 0.2) is 5.43 Å². The van der Waals surface area contributed by atoms with E-state index in [1.165, 1.54) is 24.3 Å². The average molecular weight is 349 g/mol. The number of hydrogen-bond donors (Lipinski definition) is 3. The summed E-state index contributed by atoms with van der Waals surface area (Å²) in [7, 11) is 0. The van der Waals surface area contributed by atoms with Gasteiger partial charge >= 0.3 is 0 Å². The summed E-state index contributed by atoms with van der Waals surface area (Å²) in [6.07, 6.45) is 0. The van der Waals surface area contributed by atoms with Crippen molar-refractivity contribution in [3.05, 3.63) is 51.1 Å². The van der Waals surface area contributed by atoms with Gasteiger partial charge in [-0.25, -0.2) is 0 Å². The maximum absolute atomic E-state index is 12.1. The maximum Gasteiger partial charge on any atom is 0.197 e. The van der Waals surface area contributed by atoms with E-state index in [0.29, 0.717) is 10.0 Å². The molecule has 0 spiro atoms. The molecule has 0 fully saturated rings. The Morgan fingerprint density at radius 2 is 1.71 bits per heavy atom. The standard InChI is InChI=1S/C15H9BrO5/c16-10-3-7(17)1-2-9(10)13-6-12(20)15-11(19)4-8(18)5-14(15)21-13/h1-6,17-19H. The molecule has 1 heterocycles. The van der Waals surface area contributed by atoms with Gasteiger partial charge in [-0.3, -0.25) is 4.79 Å². The molecule has 0 saturated heterocycles. The van der Waals surface area contributed by atoms with Gasteiger partial charge in [0.05, 0.1) is 0 Å². The molecule has 0 amide bonds. The molecule has 5 nitrogen and oxygen atoms in total. The van der Waals surface area contributed by atoms with Gasteiger partial charge in [-0.15, -0.1) is 0 Å². The summed E-state index contributed by atoms with van der Waals surface area (Å²) >= 11 is 3.28. The molecule has 106 valence electrons. The van der Waals surface area contributed by atoms with E-state index < -0.39 is 5.43 Å². The molecule has 2 aromatic carbocycles. The lowest BCUT2D eigenvalue weighted by Crippen LogP contribution is -2.00. The van der Waals surface area contributed by atoms with Gasteiger partial charge in [-0.1, -0.05) is 0 Å². The van der Waals surface area contributed by atoms with E-state index in [2.05, 4.69) is 15.9 Å². The number of halogens is 1. The Kier molecular flexibility index (Phi) is 3.10. The molecule has 21 heavy (non-hydrogen) atoms. The van der Waals surface area contributed by atoms with Crippen molar-refractivity contribution in [2.24, 2.45) is 0 Å². The highest BCUT2D eigenvalue weighted by molar-refractivity contribution is 9.10. The topological polar surface area (TPSA) is 90.9 Å². The molecule has 0 radical (unpaired) electrons. The van der Waals surface area contributed by atoms with Gasteiger partial charge in [0.1, 0.15) is 34.0 Å². The third-order valence-electron chi connectivity index (χ3n) is 3.01. The predicted octanol–water partition coefficient (Wildman–Crippen LogP) is 3.34. The summed E-state index contributed by atoms with van der Waals surface area (Å²) in [6, 6.07) is 8.11. The largest absolute Gasteiger partial charge is 0.508 e. The van der Waals surface area contributed by atoms with E-state index in [-0.39, 0.29) is 34.0 Å². The van der Waals surface area contributed by atoms with Crippen LogP contribution in [0.25, 0.3) is 22.3 Å². The molecule has 0 atom stereocenters. The van der Waals surface area contributed by atoms with Crippen molar-refractivity contribution in [3.8, 4) is 28.6 Å². The van der Waals surface area contributed by atoms with Gasteiger partial charge < -0.3 is 19.7 Å². The second kappa shape index (κ2) is 4.82. The van der Waals surface area contributed by atoms with Gasteiger partial charge in [0.25, 0.3) is 0 Å². The summed E-state index contributed by atoms with van der Waals surface area (Å²) in [5.41, 5.74) is 0.216. The van der Waals surface area contributed by atoms with Gasteiger partial charge in [-0.05, 0) is 34.1 Å². The summed E-state index contributed by atoms with van der Waals surface area (Å²) < 4.78 is 6.13. The van der Waals surface area contributed by atoms with Crippen molar-refractivity contribution in [1.29, 1.82) is 0 Å². The van der Waals surface area contributed by atoms with Crippen LogP contribution in [0, 0.1) is 0 Å². The molecular formula is C15H9BrO5. The maximum atomic E-state index is 12.1. The normalized spacial score (nSPS) is 10.9. The molecule has 0 bridgehead atoms. The first kappa shape index (κ1) is 13.5. The summed E-state index contributed by atoms with van der Waals surface area (Å²) in [5, 5.41) is 28.6. The molecule has 3 aromatic rings. The first-order valence-electron chi connectivity index (χ1n) is 5.94. The van der Waals surface area contributed by atoms with Crippen LogP contribution >= 0.6 is 15.9 Å². The van der Waals surface area contributed by atoms with E-state index in [0.717, 1.165) is 6.07 Å². The third kappa shape index (κ3) is 2.34. The molecule has 3 N–H and O–H groups in total. The molecule has 0 aliphatic rings. The predicted molar refractivity (Wildman–Crippen MR) is 80.6 cm³/mol. The number of benzene rings is 2. The third-order valence-corrected chi connectivity index (χ3v) is 3.67. The monoisotopic (exact) mass is 348 g/mol. The Bertz CT molecular complexity index is 914. The fraction of sp³-hybridized carbons (Fsp3) is 0. The number of phenolic OH excluding ortho intramolecular Hbond substituents is 3. The highest BCUT2D eigenvalue weighted by Gasteiger charge is 2.13. The van der Waals surface area contributed by atoms with Gasteiger partial charge in [-0.2, -0.15) is 0 Å². The van der Waals surface area contributed by atoms with Crippen LogP contribution in [0.2, 0.25) is 0 Å². The fourth-order valence-electron chi connectivity index (χ4n) is 2.09. The minimum absolute atomic E-state index is 0.00597. The summed E-state index contributed by atoms with van der Waals surface area (Å²) in [4.78, 5) is 12.1. The van der Waals surface area contributed by atoms with E-state index >= 15 is 0 Å². The minimum atomic E-state index is -0.427. The number of fused-ring (bicyclic) bond motifs is 1. The number of phenols is 3. The van der Waals surface area contributed by atoms with E-state index in [9.17, 15) is 20.1 Å². The van der Waals surface area contributed by atoms with Crippen molar-refractivity contribution in [2.75, 3.05) is 0 Å². The zero-order valence-corrected chi connectivity index (χ0v) is 12.1. The molecule has 0 unspecified atom stereocenters. The molecule has 3 rings (SSSR count). The molecule has 0 aliphatic carbocycles. The Labute approximate surface area is 126 Å². The van der Waals surface area contributed by atoms with Crippen LogP contribution in [0.4, 0.5) is 0 Å². The molecule has 1 aromatic heterocycles. The van der Waals surface area contributed by atoms with Crippen LogP contribution in [-0.4, -0.2) is 15.3 Å². The summed E-state index contributed by atoms with van der Waals surface area (Å²) in [6.45, 7) is 0. The Morgan fingerprint density at radius 1 is 0.952 bits per heavy atom. The lowest BCUT2D eigenvalue weighted by molar-refractivity contribution is 0.452. The smallest absolute Gasteiger partial charge is 0.197 e. The number of aromatic hydroxyl groups is 3. The Hall–Kier alpha value is -2.47.